The van der Waals surface area contributed by atoms with Crippen LogP contribution in [0, 0.1) is 5.92 Å². The number of hydrogen-bond acceptors (Lipinski definition) is 3. The Kier molecular flexibility index (Phi) is 6.37. The highest BCUT2D eigenvalue weighted by Crippen LogP contribution is 2.50. The van der Waals surface area contributed by atoms with Crippen molar-refractivity contribution in [3.63, 3.8) is 0 Å². The van der Waals surface area contributed by atoms with E-state index in [1.165, 1.54) is 17.5 Å². The number of likely N-dealkylation sites (tertiary alicyclic amines) is 1. The molecule has 2 aromatic rings. The Bertz CT molecular complexity index is 818. The molecular weight excluding hydrogens is 358 g/mol. The minimum absolute atomic E-state index is 0.192. The van der Waals surface area contributed by atoms with Gasteiger partial charge < -0.3 is 9.84 Å². The number of aliphatic hydroxyl groups is 1. The van der Waals surface area contributed by atoms with Crippen molar-refractivity contribution in [2.75, 3.05) is 19.7 Å². The lowest BCUT2D eigenvalue weighted by Gasteiger charge is -2.52. The van der Waals surface area contributed by atoms with Crippen LogP contribution in [0.25, 0.3) is 6.08 Å². The second-order valence-corrected chi connectivity index (χ2v) is 8.43. The Labute approximate surface area is 175 Å². The van der Waals surface area contributed by atoms with E-state index in [1.807, 2.05) is 19.1 Å². The summed E-state index contributed by atoms with van der Waals surface area (Å²) in [6.07, 6.45) is 9.68. The van der Waals surface area contributed by atoms with E-state index in [-0.39, 0.29) is 12.0 Å². The number of hydrogen-bond donors (Lipinski definition) is 1. The number of fused-ring (bicyclic) bond motifs is 1. The SMILES string of the molecule is CCOc1ccccc1[C@@H]1[C@@H]2CCCC[C@@]2(O)CCN1C/C=C/c1ccccc1. The summed E-state index contributed by atoms with van der Waals surface area (Å²) < 4.78 is 6.00. The summed E-state index contributed by atoms with van der Waals surface area (Å²) >= 11 is 0. The van der Waals surface area contributed by atoms with Crippen LogP contribution in [-0.4, -0.2) is 35.3 Å². The third-order valence-corrected chi connectivity index (χ3v) is 6.66. The van der Waals surface area contributed by atoms with Crippen molar-refractivity contribution in [1.29, 1.82) is 0 Å². The first-order chi connectivity index (χ1) is 14.2. The maximum absolute atomic E-state index is 11.5. The lowest BCUT2D eigenvalue weighted by molar-refractivity contribution is -0.122. The number of ether oxygens (including phenoxy) is 1. The molecule has 0 aromatic heterocycles. The Balaban J connectivity index is 1.63. The average Bonchev–Trinajstić information content (AvgIpc) is 2.75. The topological polar surface area (TPSA) is 32.7 Å². The first-order valence-corrected chi connectivity index (χ1v) is 11.1. The standard InChI is InChI=1S/C26H33NO2/c1-2-29-24-16-7-6-14-22(24)25-23-15-8-9-17-26(23,28)18-20-27(25)19-10-13-21-11-4-3-5-12-21/h3-7,10-14,16,23,25,28H,2,8-9,15,17-20H2,1H3/b13-10+/t23-,25+,26+/m0/s1. The van der Waals surface area contributed by atoms with E-state index in [9.17, 15) is 5.11 Å². The van der Waals surface area contributed by atoms with E-state index in [4.69, 9.17) is 4.74 Å². The molecule has 2 aromatic carbocycles. The highest BCUT2D eigenvalue weighted by Gasteiger charge is 2.49. The molecule has 3 atom stereocenters. The van der Waals surface area contributed by atoms with E-state index in [2.05, 4.69) is 59.5 Å². The molecule has 1 heterocycles. The highest BCUT2D eigenvalue weighted by molar-refractivity contribution is 5.49. The van der Waals surface area contributed by atoms with Crippen molar-refractivity contribution >= 4 is 6.08 Å². The Morgan fingerprint density at radius 1 is 1.07 bits per heavy atom. The van der Waals surface area contributed by atoms with Crippen molar-refractivity contribution in [2.45, 2.75) is 50.7 Å². The summed E-state index contributed by atoms with van der Waals surface area (Å²) in [5.41, 5.74) is 1.92. The average molecular weight is 392 g/mol. The fourth-order valence-electron chi connectivity index (χ4n) is 5.26. The molecule has 2 aliphatic rings. The molecule has 0 unspecified atom stereocenters. The molecule has 1 saturated heterocycles. The van der Waals surface area contributed by atoms with Crippen LogP contribution >= 0.6 is 0 Å². The predicted molar refractivity (Wildman–Crippen MR) is 119 cm³/mol. The van der Waals surface area contributed by atoms with E-state index < -0.39 is 5.60 Å². The van der Waals surface area contributed by atoms with Gasteiger partial charge in [0.2, 0.25) is 0 Å². The quantitative estimate of drug-likeness (QED) is 0.709. The molecule has 0 radical (unpaired) electrons. The first-order valence-electron chi connectivity index (χ1n) is 11.1. The monoisotopic (exact) mass is 391 g/mol. The van der Waals surface area contributed by atoms with Crippen molar-refractivity contribution in [3.8, 4) is 5.75 Å². The maximum Gasteiger partial charge on any atom is 0.124 e. The predicted octanol–water partition coefficient (Wildman–Crippen LogP) is 5.47. The number of rotatable bonds is 6. The van der Waals surface area contributed by atoms with Gasteiger partial charge in [-0.25, -0.2) is 0 Å². The zero-order valence-electron chi connectivity index (χ0n) is 17.5. The molecule has 0 bridgehead atoms. The van der Waals surface area contributed by atoms with E-state index in [0.717, 1.165) is 44.5 Å². The van der Waals surface area contributed by atoms with Gasteiger partial charge in [-0.05, 0) is 37.8 Å². The molecule has 1 aliphatic heterocycles. The largest absolute Gasteiger partial charge is 0.494 e. The summed E-state index contributed by atoms with van der Waals surface area (Å²) in [5, 5.41) is 11.5. The van der Waals surface area contributed by atoms with Gasteiger partial charge in [-0.1, -0.05) is 73.5 Å². The Hall–Kier alpha value is -2.10. The van der Waals surface area contributed by atoms with Gasteiger partial charge in [-0.15, -0.1) is 0 Å². The van der Waals surface area contributed by atoms with Crippen molar-refractivity contribution in [3.05, 3.63) is 71.8 Å². The third-order valence-electron chi connectivity index (χ3n) is 6.66. The van der Waals surface area contributed by atoms with Gasteiger partial charge in [0.05, 0.1) is 12.2 Å². The molecule has 29 heavy (non-hydrogen) atoms. The summed E-state index contributed by atoms with van der Waals surface area (Å²) in [6.45, 7) is 4.49. The molecular formula is C26H33NO2. The molecule has 154 valence electrons. The van der Waals surface area contributed by atoms with Gasteiger partial charge in [0, 0.05) is 30.6 Å². The molecule has 3 nitrogen and oxygen atoms in total. The van der Waals surface area contributed by atoms with Crippen LogP contribution in [0.4, 0.5) is 0 Å². The number of benzene rings is 2. The Morgan fingerprint density at radius 2 is 1.86 bits per heavy atom. The zero-order chi connectivity index (χ0) is 20.1. The van der Waals surface area contributed by atoms with Crippen molar-refractivity contribution < 1.29 is 9.84 Å². The van der Waals surface area contributed by atoms with Crippen molar-refractivity contribution in [2.24, 2.45) is 5.92 Å². The minimum atomic E-state index is -0.540. The molecule has 0 spiro atoms. The number of piperidine rings is 1. The summed E-state index contributed by atoms with van der Waals surface area (Å²) in [5.74, 6) is 1.23. The zero-order valence-corrected chi connectivity index (χ0v) is 17.5. The van der Waals surface area contributed by atoms with Gasteiger partial charge in [-0.2, -0.15) is 0 Å². The van der Waals surface area contributed by atoms with Crippen LogP contribution in [-0.2, 0) is 0 Å². The van der Waals surface area contributed by atoms with Gasteiger partial charge in [0.25, 0.3) is 0 Å². The second kappa shape index (κ2) is 9.15. The van der Waals surface area contributed by atoms with Gasteiger partial charge >= 0.3 is 0 Å². The smallest absolute Gasteiger partial charge is 0.124 e. The molecule has 1 aliphatic carbocycles. The maximum atomic E-state index is 11.5. The molecule has 0 amide bonds. The van der Waals surface area contributed by atoms with Gasteiger partial charge in [-0.3, -0.25) is 4.90 Å². The minimum Gasteiger partial charge on any atom is -0.494 e. The van der Waals surface area contributed by atoms with Crippen LogP contribution in [0.3, 0.4) is 0 Å². The Morgan fingerprint density at radius 3 is 2.69 bits per heavy atom. The highest BCUT2D eigenvalue weighted by atomic mass is 16.5. The van der Waals surface area contributed by atoms with E-state index >= 15 is 0 Å². The van der Waals surface area contributed by atoms with Crippen LogP contribution in [0.15, 0.2) is 60.7 Å². The van der Waals surface area contributed by atoms with Crippen LogP contribution < -0.4 is 4.74 Å². The third kappa shape index (κ3) is 4.41. The van der Waals surface area contributed by atoms with Gasteiger partial charge in [0.15, 0.2) is 0 Å². The first kappa shape index (κ1) is 20.2. The van der Waals surface area contributed by atoms with Gasteiger partial charge in [0.1, 0.15) is 5.75 Å². The number of para-hydroxylation sites is 1. The normalized spacial score (nSPS) is 27.7. The molecule has 1 saturated carbocycles. The van der Waals surface area contributed by atoms with E-state index in [1.54, 1.807) is 0 Å². The molecule has 3 heteroatoms. The van der Waals surface area contributed by atoms with Crippen LogP contribution in [0.5, 0.6) is 5.75 Å². The van der Waals surface area contributed by atoms with Crippen LogP contribution in [0.2, 0.25) is 0 Å². The summed E-state index contributed by atoms with van der Waals surface area (Å²) in [4.78, 5) is 2.54. The molecule has 2 fully saturated rings. The fraction of sp³-hybridized carbons (Fsp3) is 0.462. The second-order valence-electron chi connectivity index (χ2n) is 8.43. The lowest BCUT2D eigenvalue weighted by atomic mass is 9.66. The number of nitrogens with zero attached hydrogens (tertiary/aromatic N) is 1. The summed E-state index contributed by atoms with van der Waals surface area (Å²) in [6, 6.07) is 19.1. The summed E-state index contributed by atoms with van der Waals surface area (Å²) in [7, 11) is 0. The van der Waals surface area contributed by atoms with E-state index in [0.29, 0.717) is 6.61 Å². The molecule has 4 rings (SSSR count). The van der Waals surface area contributed by atoms with Crippen LogP contribution in [0.1, 0.15) is 56.2 Å². The molecule has 1 N–H and O–H groups in total. The fourth-order valence-corrected chi connectivity index (χ4v) is 5.26. The lowest BCUT2D eigenvalue weighted by Crippen LogP contribution is -2.54. The van der Waals surface area contributed by atoms with Crippen molar-refractivity contribution in [1.82, 2.24) is 4.90 Å².